The van der Waals surface area contributed by atoms with E-state index in [0.717, 1.165) is 82.0 Å². The minimum Gasteiger partial charge on any atom is -0.448 e. The minimum atomic E-state index is -0.470. The molecule has 2 aromatic rings. The lowest BCUT2D eigenvalue weighted by Crippen LogP contribution is -2.36. The number of benzene rings is 2. The summed E-state index contributed by atoms with van der Waals surface area (Å²) < 4.78 is 12.2. The third-order valence-electron chi connectivity index (χ3n) is 6.48. The first kappa shape index (κ1) is 20.3. The van der Waals surface area contributed by atoms with Crippen molar-refractivity contribution in [3.63, 3.8) is 0 Å². The van der Waals surface area contributed by atoms with Crippen LogP contribution in [0.3, 0.4) is 0 Å². The smallest absolute Gasteiger partial charge is 0.251 e. The van der Waals surface area contributed by atoms with Crippen LogP contribution in [0, 0.1) is 0 Å². The predicted molar refractivity (Wildman–Crippen MR) is 120 cm³/mol. The highest BCUT2D eigenvalue weighted by atomic mass is 16.7. The van der Waals surface area contributed by atoms with Gasteiger partial charge in [0.15, 0.2) is 11.5 Å². The summed E-state index contributed by atoms with van der Waals surface area (Å²) in [5.41, 5.74) is 2.11. The van der Waals surface area contributed by atoms with E-state index in [1.165, 1.54) is 5.56 Å². The molecule has 1 spiro atoms. The molecule has 5 rings (SSSR count). The van der Waals surface area contributed by atoms with E-state index >= 15 is 0 Å². The van der Waals surface area contributed by atoms with E-state index in [2.05, 4.69) is 45.4 Å². The van der Waals surface area contributed by atoms with Crippen molar-refractivity contribution < 1.29 is 14.3 Å². The molecule has 164 valence electrons. The van der Waals surface area contributed by atoms with Gasteiger partial charge in [0.05, 0.1) is 6.54 Å². The Labute approximate surface area is 184 Å². The normalized spacial score (nSPS) is 20.6. The van der Waals surface area contributed by atoms with Gasteiger partial charge in [-0.15, -0.1) is 0 Å². The van der Waals surface area contributed by atoms with Crippen LogP contribution in [0.15, 0.2) is 48.5 Å². The molecule has 1 saturated heterocycles. The molecule has 1 saturated carbocycles. The number of carbonyl (C=O) groups excluding carboxylic acids is 1. The van der Waals surface area contributed by atoms with Crippen LogP contribution in [0.1, 0.15) is 37.7 Å². The lowest BCUT2D eigenvalue weighted by atomic mass is 10.2. The highest BCUT2D eigenvalue weighted by Crippen LogP contribution is 2.47. The predicted octanol–water partition coefficient (Wildman–Crippen LogP) is 3.87. The number of fused-ring (bicyclic) bond motifs is 1. The molecule has 0 aromatic heterocycles. The van der Waals surface area contributed by atoms with Gasteiger partial charge in [-0.25, -0.2) is 0 Å². The summed E-state index contributed by atoms with van der Waals surface area (Å²) in [6.45, 7) is 5.29. The average molecular weight is 422 g/mol. The molecule has 2 fully saturated rings. The highest BCUT2D eigenvalue weighted by molar-refractivity contribution is 5.92. The topological polar surface area (TPSA) is 54.0 Å². The zero-order chi connectivity index (χ0) is 21.1. The van der Waals surface area contributed by atoms with E-state index in [0.29, 0.717) is 6.54 Å². The number of nitrogens with zero attached hydrogens (tertiary/aromatic N) is 2. The van der Waals surface area contributed by atoms with Gasteiger partial charge in [0.1, 0.15) is 0 Å². The maximum absolute atomic E-state index is 12.7. The molecule has 0 bridgehead atoms. The van der Waals surface area contributed by atoms with Crippen LogP contribution in [-0.4, -0.2) is 54.2 Å². The molecular weight excluding hydrogens is 390 g/mol. The van der Waals surface area contributed by atoms with E-state index in [1.54, 1.807) is 0 Å². The number of hydrogen-bond acceptors (Lipinski definition) is 5. The third-order valence-corrected chi connectivity index (χ3v) is 6.48. The van der Waals surface area contributed by atoms with Crippen molar-refractivity contribution in [1.82, 2.24) is 9.80 Å². The fraction of sp³-hybridized carbons (Fsp3) is 0.480. The van der Waals surface area contributed by atoms with Gasteiger partial charge in [0.2, 0.25) is 5.91 Å². The molecule has 31 heavy (non-hydrogen) atoms. The number of amides is 1. The SMILES string of the molecule is O=C(CN1CCCN(Cc2ccccc2)CC1)Nc1ccc2c(c1)OC1(CCCC1)O2. The molecule has 1 N–H and O–H groups in total. The number of carbonyl (C=O) groups is 1. The molecule has 0 unspecified atom stereocenters. The molecule has 3 aliphatic rings. The lowest BCUT2D eigenvalue weighted by Gasteiger charge is -2.21. The number of hydrogen-bond donors (Lipinski definition) is 1. The van der Waals surface area contributed by atoms with Crippen LogP contribution >= 0.6 is 0 Å². The van der Waals surface area contributed by atoms with Gasteiger partial charge in [-0.1, -0.05) is 30.3 Å². The van der Waals surface area contributed by atoms with Crippen molar-refractivity contribution in [2.24, 2.45) is 0 Å². The summed E-state index contributed by atoms with van der Waals surface area (Å²) in [7, 11) is 0. The van der Waals surface area contributed by atoms with E-state index in [1.807, 2.05) is 18.2 Å². The van der Waals surface area contributed by atoms with Crippen molar-refractivity contribution in [2.45, 2.75) is 44.4 Å². The van der Waals surface area contributed by atoms with Crippen LogP contribution in [0.2, 0.25) is 0 Å². The van der Waals surface area contributed by atoms with Crippen LogP contribution in [0.5, 0.6) is 11.5 Å². The zero-order valence-electron chi connectivity index (χ0n) is 18.0. The van der Waals surface area contributed by atoms with Gasteiger partial charge in [-0.3, -0.25) is 14.6 Å². The van der Waals surface area contributed by atoms with Gasteiger partial charge in [-0.05, 0) is 50.0 Å². The second-order valence-corrected chi connectivity index (χ2v) is 8.92. The number of rotatable bonds is 5. The van der Waals surface area contributed by atoms with Crippen LogP contribution < -0.4 is 14.8 Å². The molecule has 0 radical (unpaired) electrons. The van der Waals surface area contributed by atoms with Gasteiger partial charge < -0.3 is 14.8 Å². The Hall–Kier alpha value is -2.57. The Morgan fingerprint density at radius 3 is 2.45 bits per heavy atom. The first-order valence-electron chi connectivity index (χ1n) is 11.5. The molecule has 1 aliphatic carbocycles. The zero-order valence-corrected chi connectivity index (χ0v) is 18.0. The third kappa shape index (κ3) is 4.86. The largest absolute Gasteiger partial charge is 0.448 e. The standard InChI is InChI=1S/C25H31N3O3/c29-24(19-28-14-6-13-27(15-16-28)18-20-7-2-1-3-8-20)26-21-9-10-22-23(17-21)31-25(30-22)11-4-5-12-25/h1-3,7-10,17H,4-6,11-16,18-19H2,(H,26,29). The Morgan fingerprint density at radius 1 is 0.871 bits per heavy atom. The van der Waals surface area contributed by atoms with Crippen molar-refractivity contribution >= 4 is 11.6 Å². The first-order valence-corrected chi connectivity index (χ1v) is 11.5. The van der Waals surface area contributed by atoms with Crippen LogP contribution in [0.25, 0.3) is 0 Å². The number of anilines is 1. The first-order chi connectivity index (χ1) is 15.2. The monoisotopic (exact) mass is 421 g/mol. The van der Waals surface area contributed by atoms with Crippen molar-refractivity contribution in [3.05, 3.63) is 54.1 Å². The highest BCUT2D eigenvalue weighted by Gasteiger charge is 2.44. The Kier molecular flexibility index (Phi) is 5.83. The summed E-state index contributed by atoms with van der Waals surface area (Å²) in [6.07, 6.45) is 5.21. The second-order valence-electron chi connectivity index (χ2n) is 8.92. The van der Waals surface area contributed by atoms with Crippen molar-refractivity contribution in [2.75, 3.05) is 38.0 Å². The summed E-state index contributed by atoms with van der Waals surface area (Å²) in [5.74, 6) is 1.07. The molecule has 0 atom stereocenters. The van der Waals surface area contributed by atoms with Gasteiger partial charge >= 0.3 is 0 Å². The summed E-state index contributed by atoms with van der Waals surface area (Å²) >= 11 is 0. The van der Waals surface area contributed by atoms with E-state index < -0.39 is 5.79 Å². The molecule has 2 aromatic carbocycles. The van der Waals surface area contributed by atoms with Crippen molar-refractivity contribution in [1.29, 1.82) is 0 Å². The molecule has 2 heterocycles. The lowest BCUT2D eigenvalue weighted by molar-refractivity contribution is -0.117. The van der Waals surface area contributed by atoms with E-state index in [-0.39, 0.29) is 5.91 Å². The molecule has 6 heteroatoms. The number of ether oxygens (including phenoxy) is 2. The second kappa shape index (κ2) is 8.89. The molecular formula is C25H31N3O3. The number of nitrogens with one attached hydrogen (secondary N) is 1. The Bertz CT molecular complexity index is 911. The average Bonchev–Trinajstić information content (AvgIpc) is 3.30. The fourth-order valence-corrected chi connectivity index (χ4v) is 4.88. The quantitative estimate of drug-likeness (QED) is 0.794. The summed E-state index contributed by atoms with van der Waals surface area (Å²) in [5, 5.41) is 3.04. The molecule has 1 amide bonds. The molecule has 2 aliphatic heterocycles. The fourth-order valence-electron chi connectivity index (χ4n) is 4.88. The van der Waals surface area contributed by atoms with Crippen molar-refractivity contribution in [3.8, 4) is 11.5 Å². The Morgan fingerprint density at radius 2 is 1.61 bits per heavy atom. The van der Waals surface area contributed by atoms with Gasteiger partial charge in [-0.2, -0.15) is 0 Å². The van der Waals surface area contributed by atoms with Crippen LogP contribution in [0.4, 0.5) is 5.69 Å². The minimum absolute atomic E-state index is 0.0194. The summed E-state index contributed by atoms with van der Waals surface area (Å²) in [4.78, 5) is 17.4. The van der Waals surface area contributed by atoms with Gasteiger partial charge in [0, 0.05) is 44.2 Å². The van der Waals surface area contributed by atoms with Gasteiger partial charge in [0.25, 0.3) is 5.79 Å². The van der Waals surface area contributed by atoms with E-state index in [9.17, 15) is 4.79 Å². The maximum Gasteiger partial charge on any atom is 0.251 e. The summed E-state index contributed by atoms with van der Waals surface area (Å²) in [6, 6.07) is 16.3. The maximum atomic E-state index is 12.7. The molecule has 6 nitrogen and oxygen atoms in total. The van der Waals surface area contributed by atoms with E-state index in [4.69, 9.17) is 9.47 Å². The van der Waals surface area contributed by atoms with Crippen LogP contribution in [-0.2, 0) is 11.3 Å². The Balaban J connectivity index is 1.12.